The van der Waals surface area contributed by atoms with Gasteiger partial charge in [-0.05, 0) is 48.5 Å². The van der Waals surface area contributed by atoms with Crippen LogP contribution in [-0.2, 0) is 27.1 Å². The number of phenolic OH excluding ortho intramolecular Hbond substituents is 1. The molecule has 1 saturated heterocycles. The van der Waals surface area contributed by atoms with Crippen molar-refractivity contribution < 1.29 is 37.4 Å². The Morgan fingerprint density at radius 1 is 1.00 bits per heavy atom. The molecule has 0 bridgehead atoms. The summed E-state index contributed by atoms with van der Waals surface area (Å²) in [6.45, 7) is -0.409. The van der Waals surface area contributed by atoms with E-state index in [1.165, 1.54) is 23.8 Å². The molecule has 2 N–H and O–H groups in total. The fourth-order valence-electron chi connectivity index (χ4n) is 5.44. The number of benzene rings is 3. The first-order valence-electron chi connectivity index (χ1n) is 13.1. The van der Waals surface area contributed by atoms with Crippen LogP contribution in [0.2, 0.25) is 0 Å². The molecule has 3 heterocycles. The number of nitrogens with zero attached hydrogens (tertiary/aromatic N) is 2. The number of carbonyl (C=O) groups is 3. The average molecular weight is 642 g/mol. The highest BCUT2D eigenvalue weighted by Gasteiger charge is 2.57. The Morgan fingerprint density at radius 3 is 2.41 bits per heavy atom. The summed E-state index contributed by atoms with van der Waals surface area (Å²) in [5, 5.41) is 12.6. The van der Waals surface area contributed by atoms with Gasteiger partial charge in [-0.15, -0.1) is 0 Å². The third-order valence-corrected chi connectivity index (χ3v) is 10.0. The van der Waals surface area contributed by atoms with Crippen LogP contribution < -0.4 is 19.8 Å². The molecule has 9 nitrogen and oxygen atoms in total. The van der Waals surface area contributed by atoms with Gasteiger partial charge in [-0.3, -0.25) is 23.7 Å². The van der Waals surface area contributed by atoms with Gasteiger partial charge in [-0.2, -0.15) is 13.2 Å². The predicted molar refractivity (Wildman–Crippen MR) is 157 cm³/mol. The summed E-state index contributed by atoms with van der Waals surface area (Å²) in [6.07, 6.45) is -4.70. The number of imide groups is 1. The average Bonchev–Trinajstić information content (AvgIpc) is 3.43. The summed E-state index contributed by atoms with van der Waals surface area (Å²) in [7, 11) is 1.51. The van der Waals surface area contributed by atoms with Crippen molar-refractivity contribution in [1.29, 1.82) is 0 Å². The van der Waals surface area contributed by atoms with Gasteiger partial charge in [0, 0.05) is 22.0 Å². The third kappa shape index (κ3) is 5.13. The highest BCUT2D eigenvalue weighted by atomic mass is 32.2. The molecule has 0 saturated carbocycles. The van der Waals surface area contributed by atoms with Crippen LogP contribution in [0.4, 0.5) is 24.5 Å². The minimum absolute atomic E-state index is 0.184. The molecule has 0 unspecified atom stereocenters. The molecule has 3 amide bonds. The van der Waals surface area contributed by atoms with Crippen molar-refractivity contribution >= 4 is 52.2 Å². The van der Waals surface area contributed by atoms with E-state index in [0.717, 1.165) is 46.2 Å². The molecule has 226 valence electrons. The lowest BCUT2D eigenvalue weighted by molar-refractivity contribution is -0.137. The number of ether oxygens (including phenoxy) is 1. The fraction of sp³-hybridized carbons (Fsp3) is 0.200. The van der Waals surface area contributed by atoms with Crippen molar-refractivity contribution in [3.05, 3.63) is 98.5 Å². The Labute approximate surface area is 255 Å². The van der Waals surface area contributed by atoms with Gasteiger partial charge >= 0.3 is 11.0 Å². The number of phenols is 1. The number of thiazole rings is 1. The van der Waals surface area contributed by atoms with E-state index in [2.05, 4.69) is 5.32 Å². The van der Waals surface area contributed by atoms with Gasteiger partial charge in [0.05, 0.1) is 29.3 Å². The second-order valence-electron chi connectivity index (χ2n) is 10.1. The zero-order valence-electron chi connectivity index (χ0n) is 22.7. The number of carbonyl (C=O) groups excluding carboxylic acids is 3. The molecule has 1 fully saturated rings. The molecule has 3 aromatic carbocycles. The van der Waals surface area contributed by atoms with E-state index in [9.17, 15) is 37.5 Å². The van der Waals surface area contributed by atoms with Crippen molar-refractivity contribution in [2.24, 2.45) is 5.92 Å². The van der Waals surface area contributed by atoms with E-state index in [-0.39, 0.29) is 22.0 Å². The molecule has 4 aromatic rings. The number of aromatic hydroxyl groups is 1. The molecule has 1 aromatic heterocycles. The molecule has 2 aliphatic rings. The monoisotopic (exact) mass is 641 g/mol. The van der Waals surface area contributed by atoms with Crippen LogP contribution in [-0.4, -0.2) is 39.8 Å². The zero-order valence-corrected chi connectivity index (χ0v) is 24.3. The molecular formula is C30H22F3N3O6S2. The van der Waals surface area contributed by atoms with Crippen molar-refractivity contribution in [2.75, 3.05) is 17.3 Å². The summed E-state index contributed by atoms with van der Waals surface area (Å²) in [5.74, 6) is -3.76. The second kappa shape index (κ2) is 11.2. The van der Waals surface area contributed by atoms with E-state index in [4.69, 9.17) is 4.74 Å². The van der Waals surface area contributed by atoms with Crippen LogP contribution >= 0.6 is 23.1 Å². The molecule has 0 aliphatic carbocycles. The number of hydrogen-bond donors (Lipinski definition) is 2. The van der Waals surface area contributed by atoms with Gasteiger partial charge in [-0.25, -0.2) is 4.90 Å². The summed E-state index contributed by atoms with van der Waals surface area (Å²) < 4.78 is 46.8. The Bertz CT molecular complexity index is 1850. The van der Waals surface area contributed by atoms with Gasteiger partial charge in [0.1, 0.15) is 23.3 Å². The molecular weight excluding hydrogens is 619 g/mol. The number of methoxy groups -OCH3 is 1. The third-order valence-electron chi connectivity index (χ3n) is 7.43. The lowest BCUT2D eigenvalue weighted by atomic mass is 9.82. The van der Waals surface area contributed by atoms with Crippen LogP contribution in [0.3, 0.4) is 0 Å². The number of thioether (sulfide) groups is 1. The van der Waals surface area contributed by atoms with E-state index in [0.29, 0.717) is 16.3 Å². The Hall–Kier alpha value is -4.56. The highest BCUT2D eigenvalue weighted by Crippen LogP contribution is 2.55. The van der Waals surface area contributed by atoms with E-state index < -0.39 is 58.0 Å². The Balaban J connectivity index is 1.40. The summed E-state index contributed by atoms with van der Waals surface area (Å²) in [6, 6.07) is 16.7. The van der Waals surface area contributed by atoms with Gasteiger partial charge in [0.15, 0.2) is 0 Å². The largest absolute Gasteiger partial charge is 0.508 e. The smallest absolute Gasteiger partial charge is 0.416 e. The quantitative estimate of drug-likeness (QED) is 0.282. The number of fused-ring (bicyclic) bond motifs is 2. The first-order chi connectivity index (χ1) is 21.0. The number of anilines is 2. The second-order valence-corrected chi connectivity index (χ2v) is 12.2. The van der Waals surface area contributed by atoms with Crippen LogP contribution in [0.25, 0.3) is 0 Å². The normalized spacial score (nSPS) is 19.5. The number of nitrogens with one attached hydrogen (secondary N) is 1. The van der Waals surface area contributed by atoms with Crippen LogP contribution in [0.15, 0.2) is 82.6 Å². The number of halogens is 3. The Morgan fingerprint density at radius 2 is 1.73 bits per heavy atom. The summed E-state index contributed by atoms with van der Waals surface area (Å²) in [5.41, 5.74) is -0.528. The molecule has 44 heavy (non-hydrogen) atoms. The minimum atomic E-state index is -4.70. The SMILES string of the molecule is COc1ccc(NC(=O)Cn2c3c(sc2=O)[C@@H](c2ccccc2O)[C@H]2C(=O)N(c4cccc(C(F)(F)F)c4)C(=O)[C@H]2S3)cc1. The molecule has 2 aliphatic heterocycles. The van der Waals surface area contributed by atoms with Crippen molar-refractivity contribution in [3.8, 4) is 11.5 Å². The number of para-hydroxylation sites is 1. The summed E-state index contributed by atoms with van der Waals surface area (Å²) >= 11 is 1.70. The molecule has 0 spiro atoms. The van der Waals surface area contributed by atoms with Crippen molar-refractivity contribution in [2.45, 2.75) is 28.9 Å². The fourth-order valence-corrected chi connectivity index (χ4v) is 8.20. The van der Waals surface area contributed by atoms with Crippen LogP contribution in [0, 0.1) is 5.92 Å². The number of amides is 3. The van der Waals surface area contributed by atoms with Gasteiger partial charge in [0.2, 0.25) is 17.7 Å². The minimum Gasteiger partial charge on any atom is -0.508 e. The first kappa shape index (κ1) is 29.5. The summed E-state index contributed by atoms with van der Waals surface area (Å²) in [4.78, 5) is 54.6. The van der Waals surface area contributed by atoms with Crippen molar-refractivity contribution in [3.63, 3.8) is 0 Å². The number of hydrogen-bond acceptors (Lipinski definition) is 8. The van der Waals surface area contributed by atoms with Gasteiger partial charge in [-0.1, -0.05) is 47.4 Å². The molecule has 6 rings (SSSR count). The van der Waals surface area contributed by atoms with Gasteiger partial charge < -0.3 is 15.2 Å². The van der Waals surface area contributed by atoms with Crippen LogP contribution in [0.1, 0.15) is 21.9 Å². The number of alkyl halides is 3. The lowest BCUT2D eigenvalue weighted by Gasteiger charge is -2.31. The maximum atomic E-state index is 13.9. The zero-order chi connectivity index (χ0) is 31.3. The maximum absolute atomic E-state index is 13.9. The maximum Gasteiger partial charge on any atom is 0.416 e. The molecule has 14 heteroatoms. The van der Waals surface area contributed by atoms with E-state index in [1.807, 2.05) is 0 Å². The van der Waals surface area contributed by atoms with E-state index in [1.54, 1.807) is 42.5 Å². The predicted octanol–water partition coefficient (Wildman–Crippen LogP) is 5.08. The van der Waals surface area contributed by atoms with E-state index >= 15 is 0 Å². The lowest BCUT2D eigenvalue weighted by Crippen LogP contribution is -2.33. The molecule has 0 radical (unpaired) electrons. The first-order valence-corrected chi connectivity index (χ1v) is 14.8. The number of aromatic nitrogens is 1. The van der Waals surface area contributed by atoms with Crippen molar-refractivity contribution in [1.82, 2.24) is 4.57 Å². The van der Waals surface area contributed by atoms with Gasteiger partial charge in [0.25, 0.3) is 0 Å². The topological polar surface area (TPSA) is 118 Å². The highest BCUT2D eigenvalue weighted by molar-refractivity contribution is 8.00. The van der Waals surface area contributed by atoms with Crippen LogP contribution in [0.5, 0.6) is 11.5 Å². The number of rotatable bonds is 6. The Kier molecular flexibility index (Phi) is 7.49. The molecule has 3 atom stereocenters. The standard InChI is InChI=1S/C30H22F3N3O6S2/c1-42-18-11-9-16(10-12-18)34-21(38)14-35-28-25(44-29(35)41)22(19-7-2-3-8-20(19)37)23-24(43-28)27(40)36(26(23)39)17-6-4-5-15(13-17)30(31,32)33/h2-13,22-24,37H,14H2,1H3,(H,34,38)/t22-,23+,24-/m0/s1.